The van der Waals surface area contributed by atoms with Crippen LogP contribution in [0.25, 0.3) is 22.6 Å². The van der Waals surface area contributed by atoms with Gasteiger partial charge < -0.3 is 15.9 Å². The highest BCUT2D eigenvalue weighted by atomic mass is 35.5. The minimum atomic E-state index is 0.486. The molecule has 0 aliphatic carbocycles. The molecule has 0 fully saturated rings. The van der Waals surface area contributed by atoms with Crippen LogP contribution >= 0.6 is 11.6 Å². The van der Waals surface area contributed by atoms with Crippen LogP contribution < -0.4 is 11.5 Å². The third-order valence-electron chi connectivity index (χ3n) is 2.87. The molecule has 1 heterocycles. The van der Waals surface area contributed by atoms with Gasteiger partial charge in [0.15, 0.2) is 5.58 Å². The number of rotatable bonds is 1. The van der Waals surface area contributed by atoms with E-state index in [1.807, 2.05) is 13.0 Å². The molecule has 96 valence electrons. The Labute approximate surface area is 115 Å². The molecule has 4 nitrogen and oxygen atoms in total. The van der Waals surface area contributed by atoms with Gasteiger partial charge in [-0.2, -0.15) is 0 Å². The van der Waals surface area contributed by atoms with E-state index in [-0.39, 0.29) is 0 Å². The van der Waals surface area contributed by atoms with Crippen LogP contribution in [-0.4, -0.2) is 4.98 Å². The van der Waals surface area contributed by atoms with Gasteiger partial charge >= 0.3 is 0 Å². The Balaban J connectivity index is 2.23. The minimum Gasteiger partial charge on any atom is -0.436 e. The summed E-state index contributed by atoms with van der Waals surface area (Å²) in [6.45, 7) is 1.93. The number of hydrogen-bond donors (Lipinski definition) is 2. The van der Waals surface area contributed by atoms with Crippen LogP contribution in [-0.2, 0) is 0 Å². The number of nitrogen functional groups attached to an aromatic ring is 2. The summed E-state index contributed by atoms with van der Waals surface area (Å²) in [5.74, 6) is 0.486. The van der Waals surface area contributed by atoms with E-state index < -0.39 is 0 Å². The molecule has 3 rings (SSSR count). The van der Waals surface area contributed by atoms with Gasteiger partial charge in [-0.25, -0.2) is 4.98 Å². The van der Waals surface area contributed by atoms with Crippen molar-refractivity contribution < 1.29 is 4.42 Å². The number of benzene rings is 2. The van der Waals surface area contributed by atoms with E-state index >= 15 is 0 Å². The Morgan fingerprint density at radius 1 is 1.05 bits per heavy atom. The summed E-state index contributed by atoms with van der Waals surface area (Å²) < 4.78 is 5.77. The van der Waals surface area contributed by atoms with Crippen LogP contribution in [0, 0.1) is 6.92 Å². The monoisotopic (exact) mass is 273 g/mol. The van der Waals surface area contributed by atoms with Gasteiger partial charge in [0.2, 0.25) is 5.89 Å². The fourth-order valence-corrected chi connectivity index (χ4v) is 2.35. The zero-order valence-electron chi connectivity index (χ0n) is 10.3. The second-order valence-corrected chi connectivity index (χ2v) is 4.91. The molecule has 0 amide bonds. The summed E-state index contributed by atoms with van der Waals surface area (Å²) >= 11 is 6.01. The van der Waals surface area contributed by atoms with E-state index in [4.69, 9.17) is 27.5 Å². The number of nitrogens with zero attached hydrogens (tertiary/aromatic N) is 1. The van der Waals surface area contributed by atoms with E-state index in [1.54, 1.807) is 24.3 Å². The van der Waals surface area contributed by atoms with E-state index in [1.165, 1.54) is 0 Å². The average Bonchev–Trinajstić information content (AvgIpc) is 2.71. The first-order valence-electron chi connectivity index (χ1n) is 5.76. The van der Waals surface area contributed by atoms with Gasteiger partial charge in [0.25, 0.3) is 0 Å². The summed E-state index contributed by atoms with van der Waals surface area (Å²) in [5.41, 5.74) is 15.8. The first-order chi connectivity index (χ1) is 9.02. The average molecular weight is 274 g/mol. The lowest BCUT2D eigenvalue weighted by atomic mass is 10.2. The third-order valence-corrected chi connectivity index (χ3v) is 3.08. The summed E-state index contributed by atoms with van der Waals surface area (Å²) in [7, 11) is 0. The Hall–Kier alpha value is -2.20. The largest absolute Gasteiger partial charge is 0.436 e. The van der Waals surface area contributed by atoms with Crippen LogP contribution in [0.2, 0.25) is 5.02 Å². The van der Waals surface area contributed by atoms with Crippen molar-refractivity contribution >= 4 is 34.1 Å². The van der Waals surface area contributed by atoms with Crippen molar-refractivity contribution in [2.75, 3.05) is 11.5 Å². The number of anilines is 2. The molecular weight excluding hydrogens is 262 g/mol. The Bertz CT molecular complexity index is 759. The van der Waals surface area contributed by atoms with Gasteiger partial charge in [0, 0.05) is 22.0 Å². The van der Waals surface area contributed by atoms with Gasteiger partial charge in [0.1, 0.15) is 5.52 Å². The summed E-state index contributed by atoms with van der Waals surface area (Å²) in [6, 6.07) is 8.85. The Kier molecular flexibility index (Phi) is 2.61. The highest BCUT2D eigenvalue weighted by molar-refractivity contribution is 6.31. The maximum absolute atomic E-state index is 6.01. The first kappa shape index (κ1) is 11.9. The molecule has 0 unspecified atom stereocenters. The van der Waals surface area contributed by atoms with Gasteiger partial charge in [-0.05, 0) is 42.8 Å². The highest BCUT2D eigenvalue weighted by Gasteiger charge is 2.12. The number of hydrogen-bond acceptors (Lipinski definition) is 4. The van der Waals surface area contributed by atoms with Gasteiger partial charge in [-0.15, -0.1) is 0 Å². The van der Waals surface area contributed by atoms with Crippen molar-refractivity contribution in [2.24, 2.45) is 0 Å². The number of nitrogens with two attached hydrogens (primary N) is 2. The molecule has 0 saturated heterocycles. The van der Waals surface area contributed by atoms with E-state index in [9.17, 15) is 0 Å². The summed E-state index contributed by atoms with van der Waals surface area (Å²) in [5, 5.41) is 0.636. The molecule has 1 aromatic heterocycles. The highest BCUT2D eigenvalue weighted by Crippen LogP contribution is 2.30. The molecule has 0 bridgehead atoms. The molecule has 0 spiro atoms. The molecule has 0 atom stereocenters. The normalized spacial score (nSPS) is 11.1. The molecule has 0 radical (unpaired) electrons. The zero-order chi connectivity index (χ0) is 13.6. The quantitative estimate of drug-likeness (QED) is 0.664. The molecule has 4 N–H and O–H groups in total. The smallest absolute Gasteiger partial charge is 0.227 e. The topological polar surface area (TPSA) is 78.1 Å². The van der Waals surface area contributed by atoms with Gasteiger partial charge in [0.05, 0.1) is 0 Å². The SMILES string of the molecule is Cc1cc(Cl)cc2nc(-c3cc(N)cc(N)c3)oc12. The van der Waals surface area contributed by atoms with Crippen LogP contribution in [0.5, 0.6) is 0 Å². The predicted molar refractivity (Wildman–Crippen MR) is 78.0 cm³/mol. The van der Waals surface area contributed by atoms with Gasteiger partial charge in [-0.3, -0.25) is 0 Å². The van der Waals surface area contributed by atoms with Gasteiger partial charge in [-0.1, -0.05) is 11.6 Å². The standard InChI is InChI=1S/C14H12ClN3O/c1-7-2-9(15)5-12-13(7)19-14(18-12)8-3-10(16)6-11(17)4-8/h2-6H,16-17H2,1H3. The van der Waals surface area contributed by atoms with Crippen molar-refractivity contribution in [1.82, 2.24) is 4.98 Å². The second kappa shape index (κ2) is 4.17. The van der Waals surface area contributed by atoms with Crippen LogP contribution in [0.1, 0.15) is 5.56 Å². The molecule has 2 aromatic carbocycles. The molecule has 0 aliphatic rings. The van der Waals surface area contributed by atoms with Crippen LogP contribution in [0.15, 0.2) is 34.7 Å². The molecule has 0 saturated carbocycles. The Morgan fingerprint density at radius 2 is 1.74 bits per heavy atom. The van der Waals surface area contributed by atoms with Crippen LogP contribution in [0.4, 0.5) is 11.4 Å². The van der Waals surface area contributed by atoms with Crippen molar-refractivity contribution in [2.45, 2.75) is 6.92 Å². The third kappa shape index (κ3) is 2.11. The molecule has 0 aliphatic heterocycles. The Morgan fingerprint density at radius 3 is 2.42 bits per heavy atom. The molecule has 3 aromatic rings. The first-order valence-corrected chi connectivity index (χ1v) is 6.14. The van der Waals surface area contributed by atoms with Crippen molar-refractivity contribution in [1.29, 1.82) is 0 Å². The minimum absolute atomic E-state index is 0.486. The van der Waals surface area contributed by atoms with E-state index in [2.05, 4.69) is 4.98 Å². The summed E-state index contributed by atoms with van der Waals surface area (Å²) in [6.07, 6.45) is 0. The maximum atomic E-state index is 6.01. The maximum Gasteiger partial charge on any atom is 0.227 e. The lowest BCUT2D eigenvalue weighted by Gasteiger charge is -2.00. The van der Waals surface area contributed by atoms with Crippen molar-refractivity contribution in [3.63, 3.8) is 0 Å². The number of aromatic nitrogens is 1. The molecule has 5 heteroatoms. The lowest BCUT2D eigenvalue weighted by Crippen LogP contribution is -1.91. The van der Waals surface area contributed by atoms with Crippen LogP contribution in [0.3, 0.4) is 0 Å². The predicted octanol–water partition coefficient (Wildman–Crippen LogP) is 3.62. The summed E-state index contributed by atoms with van der Waals surface area (Å²) in [4.78, 5) is 4.42. The molecule has 19 heavy (non-hydrogen) atoms. The van der Waals surface area contributed by atoms with Crippen molar-refractivity contribution in [3.8, 4) is 11.5 Å². The number of halogens is 1. The zero-order valence-corrected chi connectivity index (χ0v) is 11.0. The number of oxazole rings is 1. The fourth-order valence-electron chi connectivity index (χ4n) is 2.08. The fraction of sp³-hybridized carbons (Fsp3) is 0.0714. The second-order valence-electron chi connectivity index (χ2n) is 4.48. The van der Waals surface area contributed by atoms with E-state index in [0.717, 1.165) is 22.2 Å². The molecular formula is C14H12ClN3O. The number of fused-ring (bicyclic) bond motifs is 1. The lowest BCUT2D eigenvalue weighted by molar-refractivity contribution is 0.617. The van der Waals surface area contributed by atoms with E-state index in [0.29, 0.717) is 22.3 Å². The number of aryl methyl sites for hydroxylation is 1. The van der Waals surface area contributed by atoms with Crippen molar-refractivity contribution in [3.05, 3.63) is 40.9 Å².